The predicted octanol–water partition coefficient (Wildman–Crippen LogP) is 1.62. The molecule has 2 rings (SSSR count). The predicted molar refractivity (Wildman–Crippen MR) is 67.9 cm³/mol. The Morgan fingerprint density at radius 1 is 1.71 bits per heavy atom. The number of hydrogen-bond acceptors (Lipinski definition) is 3. The minimum Gasteiger partial charge on any atom is -0.395 e. The van der Waals surface area contributed by atoms with Crippen molar-refractivity contribution in [3.8, 4) is 11.8 Å². The molecule has 4 heteroatoms. The molecule has 1 aromatic heterocycles. The number of hydrogen-bond donors (Lipinski definition) is 2. The Hall–Kier alpha value is -1.31. The third-order valence-corrected chi connectivity index (χ3v) is 3.67. The smallest absolute Gasteiger partial charge is 0.262 e. The van der Waals surface area contributed by atoms with Crippen molar-refractivity contribution >= 4 is 17.2 Å². The second kappa shape index (κ2) is 5.35. The topological polar surface area (TPSA) is 49.3 Å². The summed E-state index contributed by atoms with van der Waals surface area (Å²) in [6.45, 7) is 2.18. The van der Waals surface area contributed by atoms with Gasteiger partial charge in [0.1, 0.15) is 4.88 Å². The van der Waals surface area contributed by atoms with Gasteiger partial charge in [0.2, 0.25) is 0 Å². The maximum absolute atomic E-state index is 11.9. The van der Waals surface area contributed by atoms with Crippen molar-refractivity contribution in [3.05, 3.63) is 21.9 Å². The summed E-state index contributed by atoms with van der Waals surface area (Å²) in [6.07, 6.45) is 1.51. The van der Waals surface area contributed by atoms with E-state index in [0.29, 0.717) is 23.3 Å². The van der Waals surface area contributed by atoms with E-state index in [9.17, 15) is 4.79 Å². The molecule has 3 nitrogen and oxygen atoms in total. The standard InChI is InChI=1S/C13H15NO2S/c1-9-8-11(9)14-13(16)12-10(5-7-17-12)4-2-3-6-15/h5,7,9,11,15H,3,6,8H2,1H3,(H,14,16). The van der Waals surface area contributed by atoms with E-state index in [4.69, 9.17) is 5.11 Å². The van der Waals surface area contributed by atoms with Crippen molar-refractivity contribution in [3.63, 3.8) is 0 Å². The minimum atomic E-state index is -0.0253. The van der Waals surface area contributed by atoms with Crippen LogP contribution >= 0.6 is 11.3 Å². The van der Waals surface area contributed by atoms with Crippen LogP contribution in [0, 0.1) is 17.8 Å². The first-order chi connectivity index (χ1) is 8.22. The third-order valence-electron chi connectivity index (χ3n) is 2.76. The zero-order chi connectivity index (χ0) is 12.3. The minimum absolute atomic E-state index is 0.0253. The van der Waals surface area contributed by atoms with Gasteiger partial charge in [0, 0.05) is 18.0 Å². The van der Waals surface area contributed by atoms with Crippen LogP contribution in [0.4, 0.5) is 0 Å². The summed E-state index contributed by atoms with van der Waals surface area (Å²) < 4.78 is 0. The molecule has 90 valence electrons. The molecule has 0 saturated heterocycles. The van der Waals surface area contributed by atoms with Crippen LogP contribution in [0.25, 0.3) is 0 Å². The van der Waals surface area contributed by atoms with Gasteiger partial charge >= 0.3 is 0 Å². The molecule has 1 amide bonds. The highest BCUT2D eigenvalue weighted by molar-refractivity contribution is 7.12. The van der Waals surface area contributed by atoms with E-state index in [1.54, 1.807) is 0 Å². The number of aliphatic hydroxyl groups excluding tert-OH is 1. The largest absolute Gasteiger partial charge is 0.395 e. The number of nitrogens with one attached hydrogen (secondary N) is 1. The fraction of sp³-hybridized carbons (Fsp3) is 0.462. The lowest BCUT2D eigenvalue weighted by Crippen LogP contribution is -2.26. The Bertz CT molecular complexity index is 469. The molecule has 0 bridgehead atoms. The van der Waals surface area contributed by atoms with Crippen LogP contribution in [0.5, 0.6) is 0 Å². The molecule has 1 saturated carbocycles. The highest BCUT2D eigenvalue weighted by atomic mass is 32.1. The van der Waals surface area contributed by atoms with Crippen LogP contribution in [0.1, 0.15) is 35.0 Å². The monoisotopic (exact) mass is 249 g/mol. The molecule has 0 aromatic carbocycles. The molecule has 0 radical (unpaired) electrons. The molecular weight excluding hydrogens is 234 g/mol. The number of rotatable bonds is 3. The Kier molecular flexibility index (Phi) is 3.82. The van der Waals surface area contributed by atoms with Gasteiger partial charge in [-0.3, -0.25) is 4.79 Å². The maximum Gasteiger partial charge on any atom is 0.262 e. The molecule has 2 N–H and O–H groups in total. The molecule has 2 atom stereocenters. The van der Waals surface area contributed by atoms with Crippen molar-refractivity contribution < 1.29 is 9.90 Å². The highest BCUT2D eigenvalue weighted by Gasteiger charge is 2.34. The Morgan fingerprint density at radius 2 is 2.47 bits per heavy atom. The Morgan fingerprint density at radius 3 is 3.12 bits per heavy atom. The summed E-state index contributed by atoms with van der Waals surface area (Å²) in [4.78, 5) is 12.6. The molecule has 17 heavy (non-hydrogen) atoms. The van der Waals surface area contributed by atoms with Crippen molar-refractivity contribution in [2.24, 2.45) is 5.92 Å². The van der Waals surface area contributed by atoms with Crippen LogP contribution in [-0.2, 0) is 0 Å². The molecule has 2 unspecified atom stereocenters. The molecule has 1 aliphatic rings. The van der Waals surface area contributed by atoms with E-state index >= 15 is 0 Å². The van der Waals surface area contributed by atoms with Gasteiger partial charge in [-0.15, -0.1) is 11.3 Å². The summed E-state index contributed by atoms with van der Waals surface area (Å²) in [5, 5.41) is 13.5. The molecular formula is C13H15NO2S. The van der Waals surface area contributed by atoms with Crippen molar-refractivity contribution in [2.45, 2.75) is 25.8 Å². The Labute approximate surface area is 105 Å². The number of thiophene rings is 1. The summed E-state index contributed by atoms with van der Waals surface area (Å²) in [5.41, 5.74) is 0.759. The van der Waals surface area contributed by atoms with Crippen LogP contribution in [0.2, 0.25) is 0 Å². The molecule has 1 aliphatic carbocycles. The first-order valence-corrected chi connectivity index (χ1v) is 6.58. The average Bonchev–Trinajstić information content (AvgIpc) is 2.81. The van der Waals surface area contributed by atoms with Crippen LogP contribution in [0.3, 0.4) is 0 Å². The van der Waals surface area contributed by atoms with Crippen LogP contribution in [-0.4, -0.2) is 23.7 Å². The summed E-state index contributed by atoms with van der Waals surface area (Å²) in [7, 11) is 0. The van der Waals surface area contributed by atoms with Crippen LogP contribution in [0.15, 0.2) is 11.4 Å². The lowest BCUT2D eigenvalue weighted by molar-refractivity contribution is 0.0953. The zero-order valence-corrected chi connectivity index (χ0v) is 10.5. The summed E-state index contributed by atoms with van der Waals surface area (Å²) in [6, 6.07) is 2.18. The number of aliphatic hydroxyl groups is 1. The van der Waals surface area contributed by atoms with Gasteiger partial charge < -0.3 is 10.4 Å². The SMILES string of the molecule is CC1CC1NC(=O)c1sccc1C#CCCO. The van der Waals surface area contributed by atoms with E-state index in [-0.39, 0.29) is 12.5 Å². The fourth-order valence-electron chi connectivity index (χ4n) is 1.55. The van der Waals surface area contributed by atoms with Crippen molar-refractivity contribution in [1.82, 2.24) is 5.32 Å². The quantitative estimate of drug-likeness (QED) is 0.800. The first-order valence-electron chi connectivity index (χ1n) is 5.70. The molecule has 0 spiro atoms. The fourth-order valence-corrected chi connectivity index (χ4v) is 2.31. The van der Waals surface area contributed by atoms with E-state index in [2.05, 4.69) is 24.1 Å². The summed E-state index contributed by atoms with van der Waals surface area (Å²) in [5.74, 6) is 6.33. The zero-order valence-electron chi connectivity index (χ0n) is 9.69. The lowest BCUT2D eigenvalue weighted by Gasteiger charge is -2.01. The number of carbonyl (C=O) groups is 1. The molecule has 1 heterocycles. The number of carbonyl (C=O) groups excluding carboxylic acids is 1. The van der Waals surface area contributed by atoms with Gasteiger partial charge in [-0.05, 0) is 23.8 Å². The van der Waals surface area contributed by atoms with E-state index in [1.807, 2.05) is 11.4 Å². The van der Waals surface area contributed by atoms with Gasteiger partial charge in [-0.2, -0.15) is 0 Å². The van der Waals surface area contributed by atoms with Crippen LogP contribution < -0.4 is 5.32 Å². The normalized spacial score (nSPS) is 21.5. The van der Waals surface area contributed by atoms with Crippen molar-refractivity contribution in [2.75, 3.05) is 6.61 Å². The van der Waals surface area contributed by atoms with E-state index < -0.39 is 0 Å². The number of amides is 1. The van der Waals surface area contributed by atoms with Crippen molar-refractivity contribution in [1.29, 1.82) is 0 Å². The van der Waals surface area contributed by atoms with Gasteiger partial charge in [-0.1, -0.05) is 18.8 Å². The molecule has 1 fully saturated rings. The Balaban J connectivity index is 2.03. The second-order valence-electron chi connectivity index (χ2n) is 4.23. The first kappa shape index (κ1) is 12.2. The summed E-state index contributed by atoms with van der Waals surface area (Å²) >= 11 is 1.41. The second-order valence-corrected chi connectivity index (χ2v) is 5.15. The highest BCUT2D eigenvalue weighted by Crippen LogP contribution is 2.29. The molecule has 1 aromatic rings. The lowest BCUT2D eigenvalue weighted by atomic mass is 10.2. The van der Waals surface area contributed by atoms with E-state index in [1.165, 1.54) is 11.3 Å². The van der Waals surface area contributed by atoms with Gasteiger partial charge in [-0.25, -0.2) is 0 Å². The van der Waals surface area contributed by atoms with E-state index in [0.717, 1.165) is 12.0 Å². The van der Waals surface area contributed by atoms with Gasteiger partial charge in [0.25, 0.3) is 5.91 Å². The van der Waals surface area contributed by atoms with Gasteiger partial charge in [0.05, 0.1) is 6.61 Å². The maximum atomic E-state index is 11.9. The third kappa shape index (κ3) is 3.09. The average molecular weight is 249 g/mol. The molecule has 0 aliphatic heterocycles. The van der Waals surface area contributed by atoms with Gasteiger partial charge in [0.15, 0.2) is 0 Å².